The number of benzene rings is 3. The second kappa shape index (κ2) is 11.9. The van der Waals surface area contributed by atoms with Gasteiger partial charge in [0.05, 0.1) is 4.90 Å². The highest BCUT2D eigenvalue weighted by atomic mass is 32.2. The minimum absolute atomic E-state index is 0.0481. The molecular weight excluding hydrogens is 511 g/mol. The first-order valence-electron chi connectivity index (χ1n) is 11.4. The number of halogens is 1. The van der Waals surface area contributed by atoms with E-state index >= 15 is 0 Å². The van der Waals surface area contributed by atoms with Crippen LogP contribution in [-0.4, -0.2) is 27.9 Å². The van der Waals surface area contributed by atoms with E-state index in [9.17, 15) is 17.9 Å². The Morgan fingerprint density at radius 1 is 0.838 bits per heavy atom. The lowest BCUT2D eigenvalue weighted by molar-refractivity contribution is 0.400. The molecule has 0 saturated carbocycles. The molecule has 0 unspecified atom stereocenters. The van der Waals surface area contributed by atoms with Gasteiger partial charge in [-0.05, 0) is 89.6 Å². The fourth-order valence-electron chi connectivity index (χ4n) is 3.54. The van der Waals surface area contributed by atoms with E-state index in [1.54, 1.807) is 48.8 Å². The van der Waals surface area contributed by atoms with E-state index in [4.69, 9.17) is 12.2 Å². The van der Waals surface area contributed by atoms with Crippen LogP contribution < -0.4 is 10.6 Å². The van der Waals surface area contributed by atoms with Crippen molar-refractivity contribution in [3.05, 3.63) is 120 Å². The van der Waals surface area contributed by atoms with Crippen LogP contribution in [-0.2, 0) is 29.7 Å². The van der Waals surface area contributed by atoms with E-state index in [0.717, 1.165) is 5.56 Å². The van der Waals surface area contributed by atoms with Gasteiger partial charge < -0.3 is 15.7 Å². The van der Waals surface area contributed by atoms with Crippen LogP contribution in [0, 0.1) is 5.82 Å². The Bertz CT molecular complexity index is 1380. The molecule has 1 aromatic heterocycles. The largest absolute Gasteiger partial charge is 0.508 e. The molecule has 4 rings (SSSR count). The molecule has 0 spiro atoms. The first-order chi connectivity index (χ1) is 17.8. The van der Waals surface area contributed by atoms with Crippen LogP contribution in [0.25, 0.3) is 0 Å². The van der Waals surface area contributed by atoms with E-state index < -0.39 is 15.8 Å². The summed E-state index contributed by atoms with van der Waals surface area (Å²) in [6.07, 6.45) is 3.40. The lowest BCUT2D eigenvalue weighted by atomic mass is 10.2. The summed E-state index contributed by atoms with van der Waals surface area (Å²) in [6.45, 7) is 0.645. The molecule has 0 amide bonds. The Labute approximate surface area is 220 Å². The number of rotatable bonds is 9. The van der Waals surface area contributed by atoms with Crippen molar-refractivity contribution in [2.75, 3.05) is 5.32 Å². The molecule has 0 aliphatic carbocycles. The smallest absolute Gasteiger partial charge is 0.243 e. The molecule has 3 N–H and O–H groups in total. The Balaban J connectivity index is 1.49. The summed E-state index contributed by atoms with van der Waals surface area (Å²) in [5.74, 6) is -0.305. The van der Waals surface area contributed by atoms with E-state index in [2.05, 4.69) is 15.6 Å². The number of nitrogens with one attached hydrogen (secondary N) is 2. The van der Waals surface area contributed by atoms with E-state index in [1.807, 2.05) is 12.1 Å². The molecule has 7 nitrogen and oxygen atoms in total. The summed E-state index contributed by atoms with van der Waals surface area (Å²) in [7, 11) is -3.91. The second-order valence-electron chi connectivity index (χ2n) is 8.25. The van der Waals surface area contributed by atoms with Crippen molar-refractivity contribution in [3.8, 4) is 5.75 Å². The highest BCUT2D eigenvalue weighted by molar-refractivity contribution is 7.89. The number of hydrogen-bond acceptors (Lipinski definition) is 5. The van der Waals surface area contributed by atoms with Crippen molar-refractivity contribution >= 4 is 33.0 Å². The van der Waals surface area contributed by atoms with Gasteiger partial charge in [0.1, 0.15) is 11.6 Å². The number of sulfonamides is 1. The fourth-order valence-corrected chi connectivity index (χ4v) is 5.15. The van der Waals surface area contributed by atoms with Gasteiger partial charge >= 0.3 is 0 Å². The summed E-state index contributed by atoms with van der Waals surface area (Å²) in [4.78, 5) is 4.09. The van der Waals surface area contributed by atoms with Gasteiger partial charge in [-0.3, -0.25) is 4.98 Å². The van der Waals surface area contributed by atoms with Crippen LogP contribution in [0.15, 0.2) is 102 Å². The molecule has 4 aromatic rings. The SMILES string of the molecule is O=S(=O)(c1ccc(NC(=S)NCc2ccncc2)cc1)N(Cc1ccc(O)cc1)Cc1ccc(F)cc1. The van der Waals surface area contributed by atoms with Crippen molar-refractivity contribution in [2.24, 2.45) is 0 Å². The summed E-state index contributed by atoms with van der Waals surface area (Å²) in [6, 6.07) is 22.1. The van der Waals surface area contributed by atoms with Crippen LogP contribution in [0.1, 0.15) is 16.7 Å². The van der Waals surface area contributed by atoms with Gasteiger partial charge in [0, 0.05) is 37.7 Å². The van der Waals surface area contributed by atoms with Crippen LogP contribution in [0.4, 0.5) is 10.1 Å². The maximum atomic E-state index is 13.6. The highest BCUT2D eigenvalue weighted by Gasteiger charge is 2.25. The molecule has 37 heavy (non-hydrogen) atoms. The molecule has 0 aliphatic heterocycles. The van der Waals surface area contributed by atoms with Crippen LogP contribution in [0.5, 0.6) is 5.75 Å². The number of phenols is 1. The standard InChI is InChI=1S/C27H25FN4O3S2/c28-23-5-1-21(2-6-23)18-32(19-22-3-9-25(33)10-4-22)37(34,35)26-11-7-24(8-12-26)31-27(36)30-17-20-13-15-29-16-14-20/h1-16,33H,17-19H2,(H2,30,31,36). The second-order valence-corrected chi connectivity index (χ2v) is 10.6. The van der Waals surface area contributed by atoms with E-state index in [1.165, 1.54) is 40.7 Å². The number of phenolic OH excluding ortho intramolecular Hbond substituents is 1. The van der Waals surface area contributed by atoms with Crippen LogP contribution >= 0.6 is 12.2 Å². The lowest BCUT2D eigenvalue weighted by Gasteiger charge is -2.23. The molecule has 10 heteroatoms. The molecule has 1 heterocycles. The Hall–Kier alpha value is -3.86. The van der Waals surface area contributed by atoms with Crippen LogP contribution in [0.3, 0.4) is 0 Å². The Morgan fingerprint density at radius 3 is 2.00 bits per heavy atom. The van der Waals surface area contributed by atoms with Gasteiger partial charge in [0.2, 0.25) is 10.0 Å². The fraction of sp³-hybridized carbons (Fsp3) is 0.111. The summed E-state index contributed by atoms with van der Waals surface area (Å²) in [5.41, 5.74) is 3.00. The molecular formula is C27H25FN4O3S2. The molecule has 0 radical (unpaired) electrons. The number of thiocarbonyl (C=S) groups is 1. The quantitative estimate of drug-likeness (QED) is 0.265. The normalized spacial score (nSPS) is 11.3. The molecule has 3 aromatic carbocycles. The van der Waals surface area contributed by atoms with E-state index in [0.29, 0.717) is 28.5 Å². The number of anilines is 1. The minimum atomic E-state index is -3.91. The van der Waals surface area contributed by atoms with Crippen molar-refractivity contribution < 1.29 is 17.9 Å². The molecule has 0 bridgehead atoms. The number of nitrogens with zero attached hydrogens (tertiary/aromatic N) is 2. The number of aromatic nitrogens is 1. The van der Waals surface area contributed by atoms with Crippen molar-refractivity contribution in [1.29, 1.82) is 0 Å². The predicted octanol–water partition coefficient (Wildman–Crippen LogP) is 4.80. The first-order valence-corrected chi connectivity index (χ1v) is 13.2. The molecule has 0 fully saturated rings. The number of hydrogen-bond donors (Lipinski definition) is 3. The average Bonchev–Trinajstić information content (AvgIpc) is 2.90. The zero-order chi connectivity index (χ0) is 26.3. The number of pyridine rings is 1. The molecule has 0 aliphatic rings. The average molecular weight is 537 g/mol. The topological polar surface area (TPSA) is 94.6 Å². The zero-order valence-electron chi connectivity index (χ0n) is 19.7. The summed E-state index contributed by atoms with van der Waals surface area (Å²) < 4.78 is 41.9. The third-order valence-corrected chi connectivity index (χ3v) is 7.57. The molecule has 190 valence electrons. The van der Waals surface area contributed by atoms with Crippen LogP contribution in [0.2, 0.25) is 0 Å². The third kappa shape index (κ3) is 7.32. The van der Waals surface area contributed by atoms with Gasteiger partial charge in [0.15, 0.2) is 5.11 Å². The van der Waals surface area contributed by atoms with Gasteiger partial charge in [-0.1, -0.05) is 24.3 Å². The van der Waals surface area contributed by atoms with Crippen molar-refractivity contribution in [2.45, 2.75) is 24.5 Å². The summed E-state index contributed by atoms with van der Waals surface area (Å²) >= 11 is 5.34. The first kappa shape index (κ1) is 26.2. The Kier molecular flexibility index (Phi) is 8.44. The maximum absolute atomic E-state index is 13.6. The third-order valence-electron chi connectivity index (χ3n) is 5.52. The highest BCUT2D eigenvalue weighted by Crippen LogP contribution is 2.24. The monoisotopic (exact) mass is 536 g/mol. The minimum Gasteiger partial charge on any atom is -0.508 e. The van der Waals surface area contributed by atoms with E-state index in [-0.39, 0.29) is 23.7 Å². The molecule has 0 saturated heterocycles. The van der Waals surface area contributed by atoms with Crippen molar-refractivity contribution in [3.63, 3.8) is 0 Å². The molecule has 0 atom stereocenters. The Morgan fingerprint density at radius 2 is 1.41 bits per heavy atom. The van der Waals surface area contributed by atoms with Gasteiger partial charge in [-0.25, -0.2) is 12.8 Å². The van der Waals surface area contributed by atoms with Gasteiger partial charge in [-0.15, -0.1) is 0 Å². The predicted molar refractivity (Wildman–Crippen MR) is 145 cm³/mol. The maximum Gasteiger partial charge on any atom is 0.243 e. The summed E-state index contributed by atoms with van der Waals surface area (Å²) in [5, 5.41) is 16.1. The zero-order valence-corrected chi connectivity index (χ0v) is 21.3. The van der Waals surface area contributed by atoms with Gasteiger partial charge in [-0.2, -0.15) is 4.31 Å². The van der Waals surface area contributed by atoms with Gasteiger partial charge in [0.25, 0.3) is 0 Å². The van der Waals surface area contributed by atoms with Crippen molar-refractivity contribution in [1.82, 2.24) is 14.6 Å². The number of aromatic hydroxyl groups is 1. The lowest BCUT2D eigenvalue weighted by Crippen LogP contribution is -2.30.